The molecule has 170 valence electrons. The first-order chi connectivity index (χ1) is 16.0. The third-order valence-electron chi connectivity index (χ3n) is 5.55. The Balaban J connectivity index is 1.75. The van der Waals surface area contributed by atoms with E-state index in [1.54, 1.807) is 12.3 Å². The normalized spacial score (nSPS) is 11.3. The number of aromatic amines is 1. The summed E-state index contributed by atoms with van der Waals surface area (Å²) in [5.41, 5.74) is 9.75. The fourth-order valence-corrected chi connectivity index (χ4v) is 3.95. The largest absolute Gasteiger partial charge is 0.381 e. The van der Waals surface area contributed by atoms with Gasteiger partial charge in [-0.05, 0) is 25.2 Å². The summed E-state index contributed by atoms with van der Waals surface area (Å²) < 4.78 is 0. The number of fused-ring (bicyclic) bond motifs is 1. The first-order valence-electron chi connectivity index (χ1n) is 10.9. The number of amides is 1. The molecule has 0 atom stereocenters. The van der Waals surface area contributed by atoms with Crippen molar-refractivity contribution in [2.75, 3.05) is 30.7 Å². The van der Waals surface area contributed by atoms with Crippen LogP contribution in [-0.2, 0) is 4.79 Å². The van der Waals surface area contributed by atoms with Gasteiger partial charge in [0.15, 0.2) is 11.6 Å². The molecule has 0 unspecified atom stereocenters. The van der Waals surface area contributed by atoms with E-state index in [0.29, 0.717) is 29.4 Å². The molecule has 4 aromatic rings. The van der Waals surface area contributed by atoms with E-state index in [1.165, 1.54) is 0 Å². The Morgan fingerprint density at radius 3 is 2.55 bits per heavy atom. The third-order valence-corrected chi connectivity index (χ3v) is 5.85. The Labute approximate surface area is 197 Å². The molecule has 0 aliphatic heterocycles. The number of benzene rings is 2. The number of aromatic nitrogens is 4. The van der Waals surface area contributed by atoms with Gasteiger partial charge in [-0.1, -0.05) is 55.8 Å². The standard InChI is InChI=1S/C24H26ClN7O/c1-3-32(4-2)11-10-19(33)28-24-23(26)29-21(15-8-6-5-7-9-15)22(30-24)16-12-17-14-27-31-20(17)18(25)13-16/h5-9,12-14H,3-4,10-11H2,1-2H3,(H2,26,29)(H,27,31)(H,28,30,33). The summed E-state index contributed by atoms with van der Waals surface area (Å²) in [7, 11) is 0. The molecule has 0 fully saturated rings. The van der Waals surface area contributed by atoms with Crippen molar-refractivity contribution in [1.29, 1.82) is 0 Å². The number of rotatable bonds is 8. The van der Waals surface area contributed by atoms with Gasteiger partial charge in [0.2, 0.25) is 5.91 Å². The maximum absolute atomic E-state index is 12.6. The van der Waals surface area contributed by atoms with Crippen LogP contribution in [-0.4, -0.2) is 50.6 Å². The number of anilines is 2. The SMILES string of the molecule is CCN(CC)CCC(=O)Nc1nc(-c2cc(Cl)c3[nH]ncc3c2)c(-c2ccccc2)nc1N. The van der Waals surface area contributed by atoms with Crippen LogP contribution < -0.4 is 11.1 Å². The van der Waals surface area contributed by atoms with Crippen LogP contribution in [0.4, 0.5) is 11.6 Å². The zero-order chi connectivity index (χ0) is 23.4. The molecule has 2 heterocycles. The van der Waals surface area contributed by atoms with Crippen LogP contribution in [0.1, 0.15) is 20.3 Å². The van der Waals surface area contributed by atoms with Gasteiger partial charge >= 0.3 is 0 Å². The molecule has 0 radical (unpaired) electrons. The lowest BCUT2D eigenvalue weighted by atomic mass is 10.0. The van der Waals surface area contributed by atoms with Crippen LogP contribution in [0.25, 0.3) is 33.4 Å². The van der Waals surface area contributed by atoms with E-state index in [-0.39, 0.29) is 17.5 Å². The summed E-state index contributed by atoms with van der Waals surface area (Å²) in [4.78, 5) is 24.1. The highest BCUT2D eigenvalue weighted by atomic mass is 35.5. The minimum Gasteiger partial charge on any atom is -0.381 e. The fourth-order valence-electron chi connectivity index (χ4n) is 3.68. The lowest BCUT2D eigenvalue weighted by Crippen LogP contribution is -2.27. The van der Waals surface area contributed by atoms with Crippen LogP contribution in [0.3, 0.4) is 0 Å². The zero-order valence-corrected chi connectivity index (χ0v) is 19.4. The average molecular weight is 464 g/mol. The second-order valence-electron chi connectivity index (χ2n) is 7.64. The first-order valence-corrected chi connectivity index (χ1v) is 11.3. The van der Waals surface area contributed by atoms with Crippen molar-refractivity contribution < 1.29 is 4.79 Å². The Kier molecular flexibility index (Phi) is 6.86. The molecule has 2 aromatic heterocycles. The maximum Gasteiger partial charge on any atom is 0.226 e. The predicted octanol–water partition coefficient (Wildman–Crippen LogP) is 4.59. The van der Waals surface area contributed by atoms with Gasteiger partial charge in [-0.2, -0.15) is 5.10 Å². The number of carbonyl (C=O) groups is 1. The number of nitrogens with two attached hydrogens (primary N) is 1. The van der Waals surface area contributed by atoms with Gasteiger partial charge in [0.25, 0.3) is 0 Å². The molecule has 33 heavy (non-hydrogen) atoms. The molecule has 4 rings (SSSR count). The van der Waals surface area contributed by atoms with E-state index < -0.39 is 0 Å². The Bertz CT molecular complexity index is 1270. The second kappa shape index (κ2) is 9.97. The van der Waals surface area contributed by atoms with E-state index in [2.05, 4.69) is 39.2 Å². The Hall–Kier alpha value is -3.49. The van der Waals surface area contributed by atoms with Gasteiger partial charge in [0.1, 0.15) is 0 Å². The van der Waals surface area contributed by atoms with Crippen molar-refractivity contribution in [1.82, 2.24) is 25.1 Å². The molecule has 0 spiro atoms. The van der Waals surface area contributed by atoms with Crippen molar-refractivity contribution in [3.05, 3.63) is 53.7 Å². The van der Waals surface area contributed by atoms with Crippen molar-refractivity contribution >= 4 is 40.0 Å². The summed E-state index contributed by atoms with van der Waals surface area (Å²) in [5, 5.41) is 11.2. The highest BCUT2D eigenvalue weighted by Gasteiger charge is 2.18. The van der Waals surface area contributed by atoms with E-state index in [0.717, 1.165) is 35.1 Å². The highest BCUT2D eigenvalue weighted by Crippen LogP contribution is 2.35. The minimum atomic E-state index is -0.162. The van der Waals surface area contributed by atoms with Crippen molar-refractivity contribution in [3.63, 3.8) is 0 Å². The molecule has 0 aliphatic carbocycles. The third kappa shape index (κ3) is 4.97. The van der Waals surface area contributed by atoms with E-state index >= 15 is 0 Å². The summed E-state index contributed by atoms with van der Waals surface area (Å²) in [6.07, 6.45) is 2.04. The number of nitrogens with one attached hydrogen (secondary N) is 2. The maximum atomic E-state index is 12.6. The Morgan fingerprint density at radius 2 is 1.82 bits per heavy atom. The van der Waals surface area contributed by atoms with Gasteiger partial charge in [0, 0.05) is 29.5 Å². The lowest BCUT2D eigenvalue weighted by Gasteiger charge is -2.18. The number of hydrogen-bond acceptors (Lipinski definition) is 6. The fraction of sp³-hybridized carbons (Fsp3) is 0.250. The molecule has 0 aliphatic rings. The summed E-state index contributed by atoms with van der Waals surface area (Å²) in [5.74, 6) is 0.228. The van der Waals surface area contributed by atoms with Crippen LogP contribution >= 0.6 is 11.6 Å². The number of halogens is 1. The predicted molar refractivity (Wildman–Crippen MR) is 133 cm³/mol. The van der Waals surface area contributed by atoms with E-state index in [9.17, 15) is 4.79 Å². The van der Waals surface area contributed by atoms with E-state index in [4.69, 9.17) is 22.3 Å². The Morgan fingerprint density at radius 1 is 1.09 bits per heavy atom. The monoisotopic (exact) mass is 463 g/mol. The second-order valence-corrected chi connectivity index (χ2v) is 8.05. The van der Waals surface area contributed by atoms with Crippen LogP contribution in [0, 0.1) is 0 Å². The number of hydrogen-bond donors (Lipinski definition) is 3. The van der Waals surface area contributed by atoms with Crippen molar-refractivity contribution in [2.45, 2.75) is 20.3 Å². The molecule has 8 nitrogen and oxygen atoms in total. The summed E-state index contributed by atoms with van der Waals surface area (Å²) in [6, 6.07) is 13.4. The van der Waals surface area contributed by atoms with E-state index in [1.807, 2.05) is 36.4 Å². The highest BCUT2D eigenvalue weighted by molar-refractivity contribution is 6.35. The summed E-state index contributed by atoms with van der Waals surface area (Å²) >= 11 is 6.49. The quantitative estimate of drug-likeness (QED) is 0.352. The minimum absolute atomic E-state index is 0.157. The molecule has 0 saturated carbocycles. The number of nitrogen functional groups attached to an aromatic ring is 1. The van der Waals surface area contributed by atoms with Gasteiger partial charge in [-0.3, -0.25) is 9.89 Å². The van der Waals surface area contributed by atoms with Crippen LogP contribution in [0.15, 0.2) is 48.7 Å². The smallest absolute Gasteiger partial charge is 0.226 e. The van der Waals surface area contributed by atoms with Gasteiger partial charge < -0.3 is 16.0 Å². The molecule has 2 aromatic carbocycles. The molecule has 9 heteroatoms. The topological polar surface area (TPSA) is 113 Å². The number of carbonyl (C=O) groups excluding carboxylic acids is 1. The number of nitrogens with zero attached hydrogens (tertiary/aromatic N) is 4. The van der Waals surface area contributed by atoms with Gasteiger partial charge in [-0.15, -0.1) is 0 Å². The van der Waals surface area contributed by atoms with Gasteiger partial charge in [0.05, 0.1) is 28.1 Å². The molecular weight excluding hydrogens is 438 g/mol. The molecule has 0 bridgehead atoms. The average Bonchev–Trinajstić information content (AvgIpc) is 3.31. The van der Waals surface area contributed by atoms with Crippen molar-refractivity contribution in [2.24, 2.45) is 0 Å². The van der Waals surface area contributed by atoms with Crippen LogP contribution in [0.2, 0.25) is 5.02 Å². The zero-order valence-electron chi connectivity index (χ0n) is 18.6. The summed E-state index contributed by atoms with van der Waals surface area (Å²) in [6.45, 7) is 6.58. The molecule has 1 amide bonds. The molecular formula is C24H26ClN7O. The van der Waals surface area contributed by atoms with Crippen LogP contribution in [0.5, 0.6) is 0 Å². The number of H-pyrrole nitrogens is 1. The first kappa shape index (κ1) is 22.7. The lowest BCUT2D eigenvalue weighted by molar-refractivity contribution is -0.116. The van der Waals surface area contributed by atoms with Crippen molar-refractivity contribution in [3.8, 4) is 22.5 Å². The molecule has 0 saturated heterocycles. The molecule has 4 N–H and O–H groups in total. The van der Waals surface area contributed by atoms with Gasteiger partial charge in [-0.25, -0.2) is 9.97 Å².